The van der Waals surface area contributed by atoms with Crippen LogP contribution in [0.4, 0.5) is 0 Å². The van der Waals surface area contributed by atoms with Gasteiger partial charge in [0.2, 0.25) is 11.8 Å². The van der Waals surface area contributed by atoms with E-state index in [0.29, 0.717) is 19.8 Å². The van der Waals surface area contributed by atoms with Crippen molar-refractivity contribution >= 4 is 11.8 Å². The fourth-order valence-corrected chi connectivity index (χ4v) is 1.73. The van der Waals surface area contributed by atoms with Crippen LogP contribution in [-0.2, 0) is 19.1 Å². The zero-order chi connectivity index (χ0) is 14.3. The maximum Gasteiger partial charge on any atom is 0.246 e. The summed E-state index contributed by atoms with van der Waals surface area (Å²) < 4.78 is 10.3. The van der Waals surface area contributed by atoms with Gasteiger partial charge in [-0.15, -0.1) is 0 Å². The van der Waals surface area contributed by atoms with Gasteiger partial charge in [0.1, 0.15) is 0 Å². The second kappa shape index (κ2) is 8.21. The molecule has 0 spiro atoms. The van der Waals surface area contributed by atoms with Crippen molar-refractivity contribution in [2.45, 2.75) is 25.5 Å². The number of imide groups is 1. The van der Waals surface area contributed by atoms with E-state index in [1.807, 2.05) is 6.92 Å². The second-order valence-electron chi connectivity index (χ2n) is 4.38. The molecule has 0 aromatic heterocycles. The summed E-state index contributed by atoms with van der Waals surface area (Å²) in [6.45, 7) is 3.84. The van der Waals surface area contributed by atoms with Gasteiger partial charge in [-0.2, -0.15) is 0 Å². The van der Waals surface area contributed by atoms with E-state index in [1.165, 1.54) is 7.05 Å². The number of likely N-dealkylation sites (tertiary alicyclic amines) is 1. The summed E-state index contributed by atoms with van der Waals surface area (Å²) in [7, 11) is 1.46. The summed E-state index contributed by atoms with van der Waals surface area (Å²) >= 11 is 0. The van der Waals surface area contributed by atoms with Gasteiger partial charge in [-0.05, 0) is 6.92 Å². The molecule has 1 saturated heterocycles. The van der Waals surface area contributed by atoms with Crippen LogP contribution >= 0.6 is 0 Å². The van der Waals surface area contributed by atoms with Crippen LogP contribution in [0.15, 0.2) is 0 Å². The molecule has 0 aromatic rings. The van der Waals surface area contributed by atoms with E-state index in [1.54, 1.807) is 0 Å². The molecule has 2 amide bonds. The van der Waals surface area contributed by atoms with Crippen LogP contribution in [0.3, 0.4) is 0 Å². The van der Waals surface area contributed by atoms with Crippen molar-refractivity contribution in [1.29, 1.82) is 0 Å². The van der Waals surface area contributed by atoms with Gasteiger partial charge >= 0.3 is 0 Å². The molecule has 7 heteroatoms. The Morgan fingerprint density at radius 2 is 2.11 bits per heavy atom. The molecule has 2 N–H and O–H groups in total. The lowest BCUT2D eigenvalue weighted by molar-refractivity contribution is -0.137. The first-order chi connectivity index (χ1) is 9.06. The number of hydrogen-bond donors (Lipinski definition) is 2. The fraction of sp³-hybridized carbons (Fsp3) is 0.833. The highest BCUT2D eigenvalue weighted by Crippen LogP contribution is 2.10. The van der Waals surface area contributed by atoms with Crippen molar-refractivity contribution in [2.75, 3.05) is 40.0 Å². The molecular weight excluding hydrogens is 252 g/mol. The molecule has 0 radical (unpaired) electrons. The van der Waals surface area contributed by atoms with Crippen molar-refractivity contribution in [3.8, 4) is 0 Å². The van der Waals surface area contributed by atoms with E-state index in [2.05, 4.69) is 5.32 Å². The van der Waals surface area contributed by atoms with Gasteiger partial charge in [-0.3, -0.25) is 14.5 Å². The molecule has 19 heavy (non-hydrogen) atoms. The van der Waals surface area contributed by atoms with Crippen LogP contribution in [0.2, 0.25) is 0 Å². The molecule has 1 rings (SSSR count). The third-order valence-electron chi connectivity index (χ3n) is 2.87. The van der Waals surface area contributed by atoms with Crippen LogP contribution in [0.1, 0.15) is 13.3 Å². The number of aliphatic hydroxyl groups is 1. The molecule has 0 aromatic carbocycles. The molecule has 0 aliphatic carbocycles. The third-order valence-corrected chi connectivity index (χ3v) is 2.87. The predicted octanol–water partition coefficient (Wildman–Crippen LogP) is -1.25. The lowest BCUT2D eigenvalue weighted by atomic mass is 10.2. The zero-order valence-electron chi connectivity index (χ0n) is 11.4. The summed E-state index contributed by atoms with van der Waals surface area (Å²) in [5.74, 6) is -0.459. The van der Waals surface area contributed by atoms with E-state index in [4.69, 9.17) is 9.47 Å². The minimum absolute atomic E-state index is 0.146. The Kier molecular flexibility index (Phi) is 6.93. The average molecular weight is 274 g/mol. The van der Waals surface area contributed by atoms with Crippen molar-refractivity contribution in [1.82, 2.24) is 10.2 Å². The van der Waals surface area contributed by atoms with Crippen molar-refractivity contribution in [2.24, 2.45) is 0 Å². The summed E-state index contributed by atoms with van der Waals surface area (Å²) in [5.41, 5.74) is 0. The largest absolute Gasteiger partial charge is 0.389 e. The quantitative estimate of drug-likeness (QED) is 0.403. The van der Waals surface area contributed by atoms with Gasteiger partial charge in [0.15, 0.2) is 0 Å². The second-order valence-corrected chi connectivity index (χ2v) is 4.38. The first-order valence-electron chi connectivity index (χ1n) is 6.43. The molecular formula is C12H22N2O5. The zero-order valence-corrected chi connectivity index (χ0v) is 11.4. The molecule has 7 nitrogen and oxygen atoms in total. The number of nitrogens with zero attached hydrogens (tertiary/aromatic N) is 1. The number of hydrogen-bond acceptors (Lipinski definition) is 6. The van der Waals surface area contributed by atoms with Gasteiger partial charge in [0.25, 0.3) is 0 Å². The Labute approximate surface area is 112 Å². The number of ether oxygens (including phenoxy) is 2. The highest BCUT2D eigenvalue weighted by molar-refractivity contribution is 6.05. The van der Waals surface area contributed by atoms with Crippen LogP contribution in [-0.4, -0.2) is 74.0 Å². The molecule has 1 aliphatic rings. The first kappa shape index (κ1) is 16.0. The van der Waals surface area contributed by atoms with Gasteiger partial charge in [0, 0.05) is 20.2 Å². The maximum absolute atomic E-state index is 11.6. The van der Waals surface area contributed by atoms with Crippen LogP contribution < -0.4 is 5.32 Å². The standard InChI is InChI=1S/C12H22N2O5/c1-3-18-4-5-19-8-9(15)7-13-10-6-11(16)14(2)12(10)17/h9-10,13,15H,3-8H2,1-2H3. The van der Waals surface area contributed by atoms with E-state index in [9.17, 15) is 14.7 Å². The minimum atomic E-state index is -0.713. The fourth-order valence-electron chi connectivity index (χ4n) is 1.73. The highest BCUT2D eigenvalue weighted by atomic mass is 16.5. The maximum atomic E-state index is 11.6. The molecule has 1 fully saturated rings. The average Bonchev–Trinajstić information content (AvgIpc) is 2.63. The van der Waals surface area contributed by atoms with E-state index in [-0.39, 0.29) is 31.4 Å². The normalized spacial score (nSPS) is 21.2. The number of nitrogens with one attached hydrogen (secondary N) is 1. The molecule has 1 aliphatic heterocycles. The number of carbonyl (C=O) groups is 2. The number of amides is 2. The van der Waals surface area contributed by atoms with Crippen LogP contribution in [0.25, 0.3) is 0 Å². The number of aliphatic hydroxyl groups excluding tert-OH is 1. The SMILES string of the molecule is CCOCCOCC(O)CNC1CC(=O)N(C)C1=O. The van der Waals surface area contributed by atoms with Crippen molar-refractivity contribution in [3.05, 3.63) is 0 Å². The third kappa shape index (κ3) is 5.23. The molecule has 0 saturated carbocycles. The summed E-state index contributed by atoms with van der Waals surface area (Å²) in [6.07, 6.45) is -0.566. The lowest BCUT2D eigenvalue weighted by Gasteiger charge is -2.15. The Bertz CT molecular complexity index is 310. The van der Waals surface area contributed by atoms with Crippen molar-refractivity contribution in [3.63, 3.8) is 0 Å². The van der Waals surface area contributed by atoms with E-state index in [0.717, 1.165) is 4.90 Å². The monoisotopic (exact) mass is 274 g/mol. The van der Waals surface area contributed by atoms with E-state index < -0.39 is 12.1 Å². The molecule has 0 bridgehead atoms. The highest BCUT2D eigenvalue weighted by Gasteiger charge is 2.35. The number of carbonyl (C=O) groups excluding carboxylic acids is 2. The molecule has 2 unspecified atom stereocenters. The van der Waals surface area contributed by atoms with Gasteiger partial charge in [-0.1, -0.05) is 0 Å². The smallest absolute Gasteiger partial charge is 0.246 e. The van der Waals surface area contributed by atoms with Gasteiger partial charge in [-0.25, -0.2) is 0 Å². The first-order valence-corrected chi connectivity index (χ1v) is 6.43. The molecule has 1 heterocycles. The summed E-state index contributed by atoms with van der Waals surface area (Å²) in [4.78, 5) is 23.9. The van der Waals surface area contributed by atoms with Crippen LogP contribution in [0, 0.1) is 0 Å². The van der Waals surface area contributed by atoms with E-state index >= 15 is 0 Å². The number of likely N-dealkylation sites (N-methyl/N-ethyl adjacent to an activating group) is 1. The Balaban J connectivity index is 2.11. The Morgan fingerprint density at radius 1 is 1.42 bits per heavy atom. The van der Waals surface area contributed by atoms with Crippen molar-refractivity contribution < 1.29 is 24.2 Å². The van der Waals surface area contributed by atoms with Gasteiger partial charge < -0.3 is 19.9 Å². The van der Waals surface area contributed by atoms with Crippen LogP contribution in [0.5, 0.6) is 0 Å². The summed E-state index contributed by atoms with van der Waals surface area (Å²) in [6, 6.07) is -0.532. The summed E-state index contributed by atoms with van der Waals surface area (Å²) in [5, 5.41) is 12.5. The minimum Gasteiger partial charge on any atom is -0.389 e. The Morgan fingerprint density at radius 3 is 2.68 bits per heavy atom. The lowest BCUT2D eigenvalue weighted by Crippen LogP contribution is -2.42. The molecule has 2 atom stereocenters. The number of rotatable bonds is 9. The predicted molar refractivity (Wildman–Crippen MR) is 67.5 cm³/mol. The molecule has 110 valence electrons. The topological polar surface area (TPSA) is 88.1 Å². The van der Waals surface area contributed by atoms with Gasteiger partial charge in [0.05, 0.1) is 38.4 Å². The Hall–Kier alpha value is -1.02.